The van der Waals surface area contributed by atoms with Crippen molar-refractivity contribution in [1.82, 2.24) is 0 Å². The van der Waals surface area contributed by atoms with Crippen molar-refractivity contribution in [3.63, 3.8) is 0 Å². The molecule has 1 rings (SSSR count). The molecule has 0 aliphatic carbocycles. The Labute approximate surface area is 132 Å². The van der Waals surface area contributed by atoms with E-state index in [0.29, 0.717) is 5.56 Å². The first-order valence-corrected chi connectivity index (χ1v) is 8.07. The maximum atomic E-state index is 12.9. The first-order valence-electron chi connectivity index (χ1n) is 7.02. The summed E-state index contributed by atoms with van der Waals surface area (Å²) in [6, 6.07) is 3.41. The predicted molar refractivity (Wildman–Crippen MR) is 84.7 cm³/mol. The largest absolute Gasteiger partial charge is 0.416 e. The van der Waals surface area contributed by atoms with Gasteiger partial charge in [-0.1, -0.05) is 20.8 Å². The normalized spacial score (nSPS) is 13.3. The van der Waals surface area contributed by atoms with Gasteiger partial charge < -0.3 is 11.1 Å². The summed E-state index contributed by atoms with van der Waals surface area (Å²) in [6.45, 7) is 5.73. The van der Waals surface area contributed by atoms with E-state index in [0.717, 1.165) is 17.9 Å². The Morgan fingerprint density at radius 2 is 1.95 bits per heavy atom. The Balaban J connectivity index is 3.03. The number of benzene rings is 1. The summed E-state index contributed by atoms with van der Waals surface area (Å²) in [5.41, 5.74) is 5.08. The molecule has 0 spiro atoms. The van der Waals surface area contributed by atoms with Crippen LogP contribution in [0.3, 0.4) is 0 Å². The van der Waals surface area contributed by atoms with Crippen LogP contribution in [0.4, 0.5) is 18.9 Å². The van der Waals surface area contributed by atoms with Crippen molar-refractivity contribution < 1.29 is 18.0 Å². The monoisotopic (exact) mass is 334 g/mol. The van der Waals surface area contributed by atoms with Crippen LogP contribution >= 0.6 is 11.8 Å². The third kappa shape index (κ3) is 5.21. The van der Waals surface area contributed by atoms with Crippen molar-refractivity contribution in [1.29, 1.82) is 0 Å². The van der Waals surface area contributed by atoms with Gasteiger partial charge in [0.1, 0.15) is 0 Å². The lowest BCUT2D eigenvalue weighted by atomic mass is 10.1. The Morgan fingerprint density at radius 3 is 2.41 bits per heavy atom. The first kappa shape index (κ1) is 18.8. The first-order chi connectivity index (χ1) is 10.2. The molecule has 3 N–H and O–H groups in total. The number of carbonyl (C=O) groups is 1. The van der Waals surface area contributed by atoms with Gasteiger partial charge in [-0.15, -0.1) is 11.8 Å². The highest BCUT2D eigenvalue weighted by Crippen LogP contribution is 2.32. The number of anilines is 1. The molecule has 3 nitrogen and oxygen atoms in total. The van der Waals surface area contributed by atoms with E-state index < -0.39 is 11.7 Å². The maximum Gasteiger partial charge on any atom is 0.416 e. The number of hydrogen-bond acceptors (Lipinski definition) is 3. The highest BCUT2D eigenvalue weighted by atomic mass is 32.2. The third-order valence-corrected chi connectivity index (χ3v) is 4.48. The minimum absolute atomic E-state index is 0.0237. The van der Waals surface area contributed by atoms with E-state index in [1.165, 1.54) is 17.8 Å². The van der Waals surface area contributed by atoms with Crippen molar-refractivity contribution >= 4 is 23.4 Å². The number of amides is 1. The van der Waals surface area contributed by atoms with E-state index in [1.54, 1.807) is 0 Å². The third-order valence-electron chi connectivity index (χ3n) is 3.03. The van der Waals surface area contributed by atoms with Crippen LogP contribution in [0.1, 0.15) is 31.9 Å². The molecule has 124 valence electrons. The Hall–Kier alpha value is -1.21. The number of carbonyl (C=O) groups excluding carboxylic acids is 1. The van der Waals surface area contributed by atoms with Gasteiger partial charge in [0.2, 0.25) is 5.91 Å². The van der Waals surface area contributed by atoms with Gasteiger partial charge in [-0.3, -0.25) is 4.79 Å². The van der Waals surface area contributed by atoms with Gasteiger partial charge in [-0.05, 0) is 35.4 Å². The molecule has 0 bridgehead atoms. The molecular weight excluding hydrogens is 313 g/mol. The average Bonchev–Trinajstić information content (AvgIpc) is 2.42. The molecule has 1 unspecified atom stereocenters. The molecule has 1 aromatic rings. The topological polar surface area (TPSA) is 55.1 Å². The summed E-state index contributed by atoms with van der Waals surface area (Å²) in [7, 11) is 0. The van der Waals surface area contributed by atoms with E-state index in [-0.39, 0.29) is 29.3 Å². The molecule has 0 radical (unpaired) electrons. The molecule has 1 aromatic carbocycles. The van der Waals surface area contributed by atoms with Crippen LogP contribution in [-0.4, -0.2) is 16.9 Å². The lowest BCUT2D eigenvalue weighted by Crippen LogP contribution is -2.30. The fraction of sp³-hybridized carbons (Fsp3) is 0.533. The second-order valence-electron chi connectivity index (χ2n) is 5.23. The van der Waals surface area contributed by atoms with Gasteiger partial charge in [-0.25, -0.2) is 0 Å². The van der Waals surface area contributed by atoms with E-state index in [9.17, 15) is 18.0 Å². The Morgan fingerprint density at radius 1 is 1.32 bits per heavy atom. The molecule has 0 aromatic heterocycles. The zero-order chi connectivity index (χ0) is 16.9. The van der Waals surface area contributed by atoms with Crippen molar-refractivity contribution in [2.75, 3.05) is 11.1 Å². The predicted octanol–water partition coefficient (Wildman–Crippen LogP) is 3.88. The second-order valence-corrected chi connectivity index (χ2v) is 6.65. The summed E-state index contributed by atoms with van der Waals surface area (Å²) in [5.74, 6) is 0.557. The van der Waals surface area contributed by atoms with E-state index in [1.807, 2.05) is 20.8 Å². The lowest BCUT2D eigenvalue weighted by Gasteiger charge is -2.20. The summed E-state index contributed by atoms with van der Waals surface area (Å²) in [6.07, 6.45) is -4.47. The van der Waals surface area contributed by atoms with Crippen LogP contribution in [0, 0.1) is 5.92 Å². The lowest BCUT2D eigenvalue weighted by molar-refractivity contribution is -0.137. The molecule has 1 amide bonds. The summed E-state index contributed by atoms with van der Waals surface area (Å²) in [5, 5.41) is 2.28. The molecule has 0 heterocycles. The zero-order valence-electron chi connectivity index (χ0n) is 12.8. The number of rotatable bonds is 6. The average molecular weight is 334 g/mol. The highest BCUT2D eigenvalue weighted by Gasteiger charge is 2.31. The minimum atomic E-state index is -4.47. The fourth-order valence-electron chi connectivity index (χ4n) is 2.01. The number of halogens is 3. The standard InChI is InChI=1S/C15H21F3N2OS/c1-4-22-13(9(2)3)14(21)20-12-6-10(8-19)5-11(7-12)15(16,17)18/h5-7,9,13H,4,8,19H2,1-3H3,(H,20,21). The summed E-state index contributed by atoms with van der Waals surface area (Å²) >= 11 is 1.47. The Bertz CT molecular complexity index is 518. The van der Waals surface area contributed by atoms with Gasteiger partial charge >= 0.3 is 6.18 Å². The van der Waals surface area contributed by atoms with Gasteiger partial charge in [-0.2, -0.15) is 13.2 Å². The number of thioether (sulfide) groups is 1. The summed E-state index contributed by atoms with van der Waals surface area (Å²) in [4.78, 5) is 12.3. The molecule has 0 fully saturated rings. The molecular formula is C15H21F3N2OS. The maximum absolute atomic E-state index is 12.9. The molecule has 1 atom stereocenters. The molecule has 0 aliphatic rings. The molecule has 0 aliphatic heterocycles. The van der Waals surface area contributed by atoms with Crippen molar-refractivity contribution in [2.45, 2.75) is 38.7 Å². The number of nitrogens with two attached hydrogens (primary N) is 1. The molecule has 22 heavy (non-hydrogen) atoms. The molecule has 7 heteroatoms. The van der Waals surface area contributed by atoms with Crippen molar-refractivity contribution in [3.8, 4) is 0 Å². The summed E-state index contributed by atoms with van der Waals surface area (Å²) < 4.78 is 38.6. The van der Waals surface area contributed by atoms with Gasteiger partial charge in [0.25, 0.3) is 0 Å². The molecule has 0 saturated carbocycles. The van der Waals surface area contributed by atoms with Gasteiger partial charge in [0.15, 0.2) is 0 Å². The van der Waals surface area contributed by atoms with Crippen LogP contribution in [0.15, 0.2) is 18.2 Å². The quantitative estimate of drug-likeness (QED) is 0.830. The number of hydrogen-bond donors (Lipinski definition) is 2. The van der Waals surface area contributed by atoms with Gasteiger partial charge in [0, 0.05) is 12.2 Å². The number of nitrogens with one attached hydrogen (secondary N) is 1. The van der Waals surface area contributed by atoms with Crippen molar-refractivity contribution in [3.05, 3.63) is 29.3 Å². The number of alkyl halides is 3. The van der Waals surface area contributed by atoms with Crippen LogP contribution in [0.5, 0.6) is 0 Å². The van der Waals surface area contributed by atoms with Crippen LogP contribution in [0.25, 0.3) is 0 Å². The van der Waals surface area contributed by atoms with Crippen LogP contribution in [-0.2, 0) is 17.5 Å². The van der Waals surface area contributed by atoms with Crippen LogP contribution in [0.2, 0.25) is 0 Å². The second kappa shape index (κ2) is 7.87. The zero-order valence-corrected chi connectivity index (χ0v) is 13.6. The minimum Gasteiger partial charge on any atom is -0.326 e. The fourth-order valence-corrected chi connectivity index (χ4v) is 2.96. The SMILES string of the molecule is CCSC(C(=O)Nc1cc(CN)cc(C(F)(F)F)c1)C(C)C. The molecule has 0 saturated heterocycles. The van der Waals surface area contributed by atoms with Crippen LogP contribution < -0.4 is 11.1 Å². The van der Waals surface area contributed by atoms with E-state index in [2.05, 4.69) is 5.32 Å². The van der Waals surface area contributed by atoms with E-state index in [4.69, 9.17) is 5.73 Å². The van der Waals surface area contributed by atoms with E-state index >= 15 is 0 Å². The smallest absolute Gasteiger partial charge is 0.326 e. The highest BCUT2D eigenvalue weighted by molar-refractivity contribution is 8.00. The van der Waals surface area contributed by atoms with Crippen molar-refractivity contribution in [2.24, 2.45) is 11.7 Å². The van der Waals surface area contributed by atoms with Gasteiger partial charge in [0.05, 0.1) is 10.8 Å². The Kier molecular flexibility index (Phi) is 6.74.